The smallest absolute Gasteiger partial charge is 0.251 e. The van der Waals surface area contributed by atoms with Gasteiger partial charge in [0.15, 0.2) is 0 Å². The minimum atomic E-state index is 0.00154. The Balaban J connectivity index is 1.82. The second-order valence-electron chi connectivity index (χ2n) is 6.01. The van der Waals surface area contributed by atoms with Crippen molar-refractivity contribution in [3.05, 3.63) is 34.7 Å². The van der Waals surface area contributed by atoms with Crippen LogP contribution in [-0.4, -0.2) is 46.7 Å². The number of fused-ring (bicyclic) bond motifs is 1. The Kier molecular flexibility index (Phi) is 4.93. The highest BCUT2D eigenvalue weighted by Crippen LogP contribution is 2.17. The normalized spacial score (nSPS) is 16.8. The van der Waals surface area contributed by atoms with Gasteiger partial charge < -0.3 is 19.9 Å². The summed E-state index contributed by atoms with van der Waals surface area (Å²) in [5.41, 5.74) is 7.59. The van der Waals surface area contributed by atoms with Crippen LogP contribution in [0.4, 0.5) is 0 Å². The first-order valence-corrected chi connectivity index (χ1v) is 8.27. The molecule has 23 heavy (non-hydrogen) atoms. The maximum Gasteiger partial charge on any atom is 0.251 e. The van der Waals surface area contributed by atoms with E-state index in [0.29, 0.717) is 24.9 Å². The molecule has 3 heterocycles. The topological polar surface area (TPSA) is 73.4 Å². The molecule has 3 rings (SSSR count). The lowest BCUT2D eigenvalue weighted by atomic mass is 10.1. The zero-order valence-electron chi connectivity index (χ0n) is 13.6. The first kappa shape index (κ1) is 16.0. The first-order chi connectivity index (χ1) is 11.2. The van der Waals surface area contributed by atoms with Crippen molar-refractivity contribution in [1.82, 2.24) is 14.5 Å². The van der Waals surface area contributed by atoms with E-state index in [0.717, 1.165) is 43.5 Å². The summed E-state index contributed by atoms with van der Waals surface area (Å²) in [5, 5.41) is 0. The summed E-state index contributed by atoms with van der Waals surface area (Å²) < 4.78 is 7.30. The highest BCUT2D eigenvalue weighted by atomic mass is 16.5. The van der Waals surface area contributed by atoms with Gasteiger partial charge in [0.05, 0.1) is 23.8 Å². The molecule has 0 atom stereocenters. The highest BCUT2D eigenvalue weighted by Gasteiger charge is 2.16. The van der Waals surface area contributed by atoms with Gasteiger partial charge in [0.2, 0.25) is 0 Å². The lowest BCUT2D eigenvalue weighted by Crippen LogP contribution is -2.41. The molecule has 1 saturated heterocycles. The SMILES string of the molecule is CCOc1cnc2ccc(=O)n(CCN3CCC(N)CC3)c2c1. The average Bonchev–Trinajstić information content (AvgIpc) is 2.56. The molecule has 1 fully saturated rings. The number of rotatable bonds is 5. The lowest BCUT2D eigenvalue weighted by Gasteiger charge is -2.30. The maximum absolute atomic E-state index is 12.3. The molecule has 0 amide bonds. The van der Waals surface area contributed by atoms with E-state index in [1.165, 1.54) is 0 Å². The van der Waals surface area contributed by atoms with Gasteiger partial charge in [-0.25, -0.2) is 0 Å². The number of piperidine rings is 1. The van der Waals surface area contributed by atoms with Gasteiger partial charge >= 0.3 is 0 Å². The Morgan fingerprint density at radius 1 is 1.30 bits per heavy atom. The molecule has 0 spiro atoms. The Labute approximate surface area is 135 Å². The van der Waals surface area contributed by atoms with Crippen molar-refractivity contribution in [3.8, 4) is 5.75 Å². The first-order valence-electron chi connectivity index (χ1n) is 8.27. The van der Waals surface area contributed by atoms with Crippen molar-refractivity contribution in [2.75, 3.05) is 26.2 Å². The maximum atomic E-state index is 12.3. The summed E-state index contributed by atoms with van der Waals surface area (Å²) in [4.78, 5) is 19.0. The van der Waals surface area contributed by atoms with Gasteiger partial charge in [-0.05, 0) is 38.9 Å². The van der Waals surface area contributed by atoms with Gasteiger partial charge in [0.25, 0.3) is 5.56 Å². The number of hydrogen-bond donors (Lipinski definition) is 1. The van der Waals surface area contributed by atoms with E-state index < -0.39 is 0 Å². The van der Waals surface area contributed by atoms with Gasteiger partial charge in [-0.2, -0.15) is 0 Å². The van der Waals surface area contributed by atoms with Gasteiger partial charge in [-0.15, -0.1) is 0 Å². The third-order valence-electron chi connectivity index (χ3n) is 4.40. The molecular formula is C17H24N4O2. The van der Waals surface area contributed by atoms with Crippen molar-refractivity contribution in [1.29, 1.82) is 0 Å². The summed E-state index contributed by atoms with van der Waals surface area (Å²) in [6.45, 7) is 6.03. The van der Waals surface area contributed by atoms with Crippen LogP contribution in [0.25, 0.3) is 11.0 Å². The summed E-state index contributed by atoms with van der Waals surface area (Å²) in [5.74, 6) is 0.697. The van der Waals surface area contributed by atoms with Gasteiger partial charge in [0, 0.05) is 31.3 Å². The van der Waals surface area contributed by atoms with E-state index >= 15 is 0 Å². The van der Waals surface area contributed by atoms with E-state index in [9.17, 15) is 4.79 Å². The molecule has 0 aromatic carbocycles. The minimum absolute atomic E-state index is 0.00154. The highest BCUT2D eigenvalue weighted by molar-refractivity contribution is 5.75. The van der Waals surface area contributed by atoms with Gasteiger partial charge in [-0.3, -0.25) is 9.78 Å². The van der Waals surface area contributed by atoms with Crippen LogP contribution in [0.3, 0.4) is 0 Å². The molecule has 2 N–H and O–H groups in total. The van der Waals surface area contributed by atoms with E-state index in [-0.39, 0.29) is 5.56 Å². The van der Waals surface area contributed by atoms with Crippen LogP contribution in [0.5, 0.6) is 5.75 Å². The summed E-state index contributed by atoms with van der Waals surface area (Å²) in [7, 11) is 0. The van der Waals surface area contributed by atoms with E-state index in [2.05, 4.69) is 9.88 Å². The summed E-state index contributed by atoms with van der Waals surface area (Å²) in [6.07, 6.45) is 3.76. The monoisotopic (exact) mass is 316 g/mol. The number of hydrogen-bond acceptors (Lipinski definition) is 5. The number of nitrogens with two attached hydrogens (primary N) is 1. The zero-order valence-corrected chi connectivity index (χ0v) is 13.6. The third-order valence-corrected chi connectivity index (χ3v) is 4.40. The van der Waals surface area contributed by atoms with Crippen LogP contribution < -0.4 is 16.0 Å². The molecule has 6 nitrogen and oxygen atoms in total. The second-order valence-corrected chi connectivity index (χ2v) is 6.01. The molecule has 0 bridgehead atoms. The molecule has 6 heteroatoms. The molecule has 2 aromatic rings. The number of aromatic nitrogens is 2. The zero-order chi connectivity index (χ0) is 16.2. The fraction of sp³-hybridized carbons (Fsp3) is 0.529. The molecule has 0 radical (unpaired) electrons. The summed E-state index contributed by atoms with van der Waals surface area (Å²) in [6, 6.07) is 5.58. The Morgan fingerprint density at radius 2 is 2.09 bits per heavy atom. The van der Waals surface area contributed by atoms with Crippen molar-refractivity contribution in [3.63, 3.8) is 0 Å². The van der Waals surface area contributed by atoms with Gasteiger partial charge in [0.1, 0.15) is 5.75 Å². The number of pyridine rings is 2. The van der Waals surface area contributed by atoms with Crippen molar-refractivity contribution >= 4 is 11.0 Å². The van der Waals surface area contributed by atoms with E-state index in [1.807, 2.05) is 13.0 Å². The van der Waals surface area contributed by atoms with Crippen LogP contribution >= 0.6 is 0 Å². The third kappa shape index (κ3) is 3.71. The Morgan fingerprint density at radius 3 is 2.83 bits per heavy atom. The predicted molar refractivity (Wildman–Crippen MR) is 90.8 cm³/mol. The van der Waals surface area contributed by atoms with E-state index in [1.54, 1.807) is 22.9 Å². The van der Waals surface area contributed by atoms with Crippen LogP contribution in [-0.2, 0) is 6.54 Å². The molecule has 124 valence electrons. The molecular weight excluding hydrogens is 292 g/mol. The number of likely N-dealkylation sites (tertiary alicyclic amines) is 1. The molecule has 1 aliphatic heterocycles. The average molecular weight is 316 g/mol. The molecule has 2 aromatic heterocycles. The molecule has 0 saturated carbocycles. The molecule has 1 aliphatic rings. The predicted octanol–water partition coefficient (Wildman–Crippen LogP) is 1.22. The van der Waals surface area contributed by atoms with Gasteiger partial charge in [-0.1, -0.05) is 0 Å². The Hall–Kier alpha value is -1.92. The minimum Gasteiger partial charge on any atom is -0.492 e. The van der Waals surface area contributed by atoms with E-state index in [4.69, 9.17) is 10.5 Å². The van der Waals surface area contributed by atoms with Crippen LogP contribution in [0, 0.1) is 0 Å². The van der Waals surface area contributed by atoms with Crippen LogP contribution in [0.1, 0.15) is 19.8 Å². The summed E-state index contributed by atoms with van der Waals surface area (Å²) >= 11 is 0. The lowest BCUT2D eigenvalue weighted by molar-refractivity contribution is 0.206. The number of nitrogens with zero attached hydrogens (tertiary/aromatic N) is 3. The fourth-order valence-electron chi connectivity index (χ4n) is 3.04. The second kappa shape index (κ2) is 7.10. The van der Waals surface area contributed by atoms with Crippen LogP contribution in [0.2, 0.25) is 0 Å². The van der Waals surface area contributed by atoms with Crippen LogP contribution in [0.15, 0.2) is 29.2 Å². The molecule has 0 aliphatic carbocycles. The molecule has 0 unspecified atom stereocenters. The quantitative estimate of drug-likeness (QED) is 0.898. The fourth-order valence-corrected chi connectivity index (χ4v) is 3.04. The largest absolute Gasteiger partial charge is 0.492 e. The Bertz CT molecular complexity index is 720. The standard InChI is InChI=1S/C17H24N4O2/c1-2-23-14-11-16-15(19-12-14)3-4-17(22)21(16)10-9-20-7-5-13(18)6-8-20/h3-4,11-13H,2,5-10,18H2,1H3. The number of ether oxygens (including phenoxy) is 1. The van der Waals surface area contributed by atoms with Crippen molar-refractivity contribution in [2.45, 2.75) is 32.4 Å². The van der Waals surface area contributed by atoms with Crippen molar-refractivity contribution in [2.24, 2.45) is 5.73 Å². The van der Waals surface area contributed by atoms with Crippen molar-refractivity contribution < 1.29 is 4.74 Å².